The Hall–Kier alpha value is -1.94. The van der Waals surface area contributed by atoms with Crippen molar-refractivity contribution < 1.29 is 14.7 Å². The van der Waals surface area contributed by atoms with Crippen LogP contribution < -0.4 is 10.6 Å². The van der Waals surface area contributed by atoms with Gasteiger partial charge in [-0.05, 0) is 28.1 Å². The minimum atomic E-state index is -1.13. The first-order chi connectivity index (χ1) is 10.0. The maximum atomic E-state index is 11.6. The molecule has 0 atom stereocenters. The number of aromatic nitrogens is 3. The van der Waals surface area contributed by atoms with Crippen LogP contribution in [0.25, 0.3) is 0 Å². The molecule has 10 heteroatoms. The minimum absolute atomic E-state index is 0.122. The summed E-state index contributed by atoms with van der Waals surface area (Å²) in [4.78, 5) is 23.2. The van der Waals surface area contributed by atoms with Crippen molar-refractivity contribution in [1.82, 2.24) is 25.6 Å². The topological polar surface area (TPSA) is 109 Å². The van der Waals surface area contributed by atoms with Gasteiger partial charge in [0.2, 0.25) is 0 Å². The number of carbonyl (C=O) groups excluding carboxylic acids is 1. The van der Waals surface area contributed by atoms with E-state index in [0.717, 1.165) is 8.66 Å². The van der Waals surface area contributed by atoms with Gasteiger partial charge in [0.1, 0.15) is 0 Å². The van der Waals surface area contributed by atoms with E-state index >= 15 is 0 Å². The average molecular weight is 374 g/mol. The van der Waals surface area contributed by atoms with Crippen LogP contribution in [0.5, 0.6) is 0 Å². The molecule has 0 aliphatic heterocycles. The summed E-state index contributed by atoms with van der Waals surface area (Å²) in [6.45, 7) is 1.12. The first-order valence-electron chi connectivity index (χ1n) is 5.94. The van der Waals surface area contributed by atoms with Crippen LogP contribution in [-0.2, 0) is 13.1 Å². The number of carboxylic acids is 1. The Morgan fingerprint density at radius 1 is 1.38 bits per heavy atom. The molecule has 0 aliphatic rings. The summed E-state index contributed by atoms with van der Waals surface area (Å²) in [6.07, 6.45) is 1.31. The van der Waals surface area contributed by atoms with E-state index in [2.05, 4.69) is 36.9 Å². The quantitative estimate of drug-likeness (QED) is 0.706. The number of halogens is 1. The Morgan fingerprint density at radius 3 is 2.81 bits per heavy atom. The molecule has 0 bridgehead atoms. The van der Waals surface area contributed by atoms with Crippen LogP contribution in [-0.4, -0.2) is 38.6 Å². The van der Waals surface area contributed by atoms with E-state index < -0.39 is 5.97 Å². The van der Waals surface area contributed by atoms with E-state index in [1.54, 1.807) is 11.3 Å². The molecule has 112 valence electrons. The number of nitrogens with one attached hydrogen (secondary N) is 2. The fourth-order valence-electron chi connectivity index (χ4n) is 1.47. The number of rotatable bonds is 6. The zero-order valence-corrected chi connectivity index (χ0v) is 13.1. The second kappa shape index (κ2) is 7.18. The van der Waals surface area contributed by atoms with E-state index in [-0.39, 0.29) is 11.7 Å². The summed E-state index contributed by atoms with van der Waals surface area (Å²) >= 11 is 4.90. The van der Waals surface area contributed by atoms with Gasteiger partial charge < -0.3 is 15.7 Å². The van der Waals surface area contributed by atoms with Crippen LogP contribution in [0.1, 0.15) is 15.4 Å². The highest BCUT2D eigenvalue weighted by molar-refractivity contribution is 9.11. The van der Waals surface area contributed by atoms with E-state index in [1.807, 2.05) is 12.1 Å². The Labute approximate surface area is 132 Å². The summed E-state index contributed by atoms with van der Waals surface area (Å²) in [5, 5.41) is 21.2. The highest BCUT2D eigenvalue weighted by atomic mass is 79.9. The van der Waals surface area contributed by atoms with Gasteiger partial charge in [-0.2, -0.15) is 0 Å². The number of nitrogens with zero attached hydrogens (tertiary/aromatic N) is 3. The van der Waals surface area contributed by atoms with Gasteiger partial charge in [0, 0.05) is 11.4 Å². The molecule has 0 radical (unpaired) electrons. The maximum absolute atomic E-state index is 11.6. The average Bonchev–Trinajstić information content (AvgIpc) is 3.05. The van der Waals surface area contributed by atoms with Gasteiger partial charge in [-0.3, -0.25) is 0 Å². The zero-order valence-electron chi connectivity index (χ0n) is 10.7. The first-order valence-corrected chi connectivity index (χ1v) is 7.55. The molecule has 21 heavy (non-hydrogen) atoms. The summed E-state index contributed by atoms with van der Waals surface area (Å²) in [6, 6.07) is 3.56. The fourth-order valence-corrected chi connectivity index (χ4v) is 2.89. The number of hydrogen-bond acceptors (Lipinski definition) is 5. The lowest BCUT2D eigenvalue weighted by Gasteiger charge is -2.06. The number of carboxylic acid groups (broad SMARTS) is 1. The maximum Gasteiger partial charge on any atom is 0.358 e. The van der Waals surface area contributed by atoms with Gasteiger partial charge in [-0.15, -0.1) is 16.4 Å². The second-order valence-corrected chi connectivity index (χ2v) is 6.53. The molecule has 0 fully saturated rings. The van der Waals surface area contributed by atoms with Crippen LogP contribution in [0, 0.1) is 0 Å². The molecule has 2 amide bonds. The largest absolute Gasteiger partial charge is 0.476 e. The van der Waals surface area contributed by atoms with Crippen molar-refractivity contribution in [2.45, 2.75) is 13.1 Å². The summed E-state index contributed by atoms with van der Waals surface area (Å²) in [7, 11) is 0. The number of thiophene rings is 1. The molecule has 0 spiro atoms. The Balaban J connectivity index is 1.67. The smallest absolute Gasteiger partial charge is 0.358 e. The molecular formula is C11H12BrN5O3S. The van der Waals surface area contributed by atoms with Crippen LogP contribution in [0.4, 0.5) is 4.79 Å². The van der Waals surface area contributed by atoms with Crippen LogP contribution in [0.3, 0.4) is 0 Å². The SMILES string of the molecule is O=C(NCCn1cc(C(=O)O)nn1)NCc1ccc(Br)s1. The number of hydrogen-bond donors (Lipinski definition) is 3. The molecule has 0 saturated heterocycles. The van der Waals surface area contributed by atoms with Crippen molar-refractivity contribution in [3.63, 3.8) is 0 Å². The third-order valence-electron chi connectivity index (χ3n) is 2.44. The lowest BCUT2D eigenvalue weighted by molar-refractivity contribution is 0.0690. The molecule has 8 nitrogen and oxygen atoms in total. The van der Waals surface area contributed by atoms with Crippen LogP contribution in [0.2, 0.25) is 0 Å². The van der Waals surface area contributed by atoms with Crippen molar-refractivity contribution in [1.29, 1.82) is 0 Å². The summed E-state index contributed by atoms with van der Waals surface area (Å²) in [5.41, 5.74) is -0.122. The van der Waals surface area contributed by atoms with Gasteiger partial charge in [0.05, 0.1) is 23.1 Å². The Bertz CT molecular complexity index is 641. The van der Waals surface area contributed by atoms with Gasteiger partial charge in [0.15, 0.2) is 5.69 Å². The summed E-state index contributed by atoms with van der Waals surface area (Å²) < 4.78 is 2.38. The molecule has 2 rings (SSSR count). The number of aromatic carboxylic acids is 1. The predicted molar refractivity (Wildman–Crippen MR) is 79.2 cm³/mol. The van der Waals surface area contributed by atoms with E-state index in [9.17, 15) is 9.59 Å². The highest BCUT2D eigenvalue weighted by Gasteiger charge is 2.08. The van der Waals surface area contributed by atoms with Crippen molar-refractivity contribution in [3.8, 4) is 0 Å². The third-order valence-corrected chi connectivity index (χ3v) is 4.06. The minimum Gasteiger partial charge on any atom is -0.476 e. The standard InChI is InChI=1S/C11H12BrN5O3S/c12-9-2-1-7(21-9)5-14-11(20)13-3-4-17-6-8(10(18)19)15-16-17/h1-2,6H,3-5H2,(H,18,19)(H2,13,14,20). The van der Waals surface area contributed by atoms with Crippen molar-refractivity contribution in [3.05, 3.63) is 32.7 Å². The molecule has 0 aromatic carbocycles. The van der Waals surface area contributed by atoms with E-state index in [1.165, 1.54) is 10.9 Å². The predicted octanol–water partition coefficient (Wildman–Crippen LogP) is 1.30. The van der Waals surface area contributed by atoms with Gasteiger partial charge in [0.25, 0.3) is 0 Å². The molecule has 0 unspecified atom stereocenters. The van der Waals surface area contributed by atoms with Crippen molar-refractivity contribution in [2.75, 3.05) is 6.54 Å². The molecule has 3 N–H and O–H groups in total. The van der Waals surface area contributed by atoms with Crippen LogP contribution >= 0.6 is 27.3 Å². The molecule has 0 saturated carbocycles. The monoisotopic (exact) mass is 373 g/mol. The lowest BCUT2D eigenvalue weighted by atomic mass is 10.5. The molecule has 2 aromatic rings. The van der Waals surface area contributed by atoms with E-state index in [4.69, 9.17) is 5.11 Å². The van der Waals surface area contributed by atoms with Gasteiger partial charge in [-0.25, -0.2) is 14.3 Å². The zero-order chi connectivity index (χ0) is 15.2. The van der Waals surface area contributed by atoms with Gasteiger partial charge in [-0.1, -0.05) is 5.21 Å². The van der Waals surface area contributed by atoms with Gasteiger partial charge >= 0.3 is 12.0 Å². The Morgan fingerprint density at radius 2 is 2.19 bits per heavy atom. The Kier molecular flexibility index (Phi) is 5.28. The fraction of sp³-hybridized carbons (Fsp3) is 0.273. The first kappa shape index (κ1) is 15.4. The molecule has 2 aromatic heterocycles. The third kappa shape index (κ3) is 4.83. The summed E-state index contributed by atoms with van der Waals surface area (Å²) in [5.74, 6) is -1.13. The van der Waals surface area contributed by atoms with Crippen molar-refractivity contribution in [2.24, 2.45) is 0 Å². The van der Waals surface area contributed by atoms with E-state index in [0.29, 0.717) is 19.6 Å². The molecular weight excluding hydrogens is 362 g/mol. The number of carbonyl (C=O) groups is 2. The molecule has 2 heterocycles. The number of amides is 2. The van der Waals surface area contributed by atoms with Crippen molar-refractivity contribution >= 4 is 39.3 Å². The second-order valence-electron chi connectivity index (χ2n) is 3.99. The lowest BCUT2D eigenvalue weighted by Crippen LogP contribution is -2.36. The van der Waals surface area contributed by atoms with Crippen LogP contribution in [0.15, 0.2) is 22.1 Å². The highest BCUT2D eigenvalue weighted by Crippen LogP contribution is 2.21. The number of urea groups is 1. The molecule has 0 aliphatic carbocycles. The normalized spacial score (nSPS) is 10.3.